The molecule has 0 spiro atoms. The summed E-state index contributed by atoms with van der Waals surface area (Å²) in [5.41, 5.74) is 0.931. The molecule has 1 aromatic carbocycles. The van der Waals surface area contributed by atoms with Gasteiger partial charge in [-0.25, -0.2) is 9.07 Å². The molecular formula is C14H12FN7O3. The Kier molecular flexibility index (Phi) is 4.46. The van der Waals surface area contributed by atoms with Gasteiger partial charge in [-0.15, -0.1) is 0 Å². The standard InChI is InChI=1S/C14H12FN7O3/c15-11-3-1-10(2-4-11)7-16-13(23)12-5-6-20(18-12)9-21-8-17-14(19-21)22(24)25/h1-6,8H,7,9H2,(H,16,23). The summed E-state index contributed by atoms with van der Waals surface area (Å²) in [5, 5.41) is 20.9. The van der Waals surface area contributed by atoms with Crippen molar-refractivity contribution in [2.24, 2.45) is 0 Å². The Morgan fingerprint density at radius 2 is 1.96 bits per heavy atom. The Labute approximate surface area is 140 Å². The van der Waals surface area contributed by atoms with Crippen LogP contribution in [0.15, 0.2) is 42.9 Å². The van der Waals surface area contributed by atoms with Gasteiger partial charge in [-0.3, -0.25) is 4.79 Å². The highest BCUT2D eigenvalue weighted by Crippen LogP contribution is 2.04. The molecule has 0 radical (unpaired) electrons. The zero-order valence-electron chi connectivity index (χ0n) is 12.7. The maximum Gasteiger partial charge on any atom is 0.491 e. The van der Waals surface area contributed by atoms with Crippen molar-refractivity contribution in [2.45, 2.75) is 13.2 Å². The van der Waals surface area contributed by atoms with Crippen molar-refractivity contribution >= 4 is 11.9 Å². The van der Waals surface area contributed by atoms with Crippen molar-refractivity contribution in [1.82, 2.24) is 29.9 Å². The summed E-state index contributed by atoms with van der Waals surface area (Å²) in [4.78, 5) is 25.4. The fourth-order valence-electron chi connectivity index (χ4n) is 2.02. The summed E-state index contributed by atoms with van der Waals surface area (Å²) in [6.07, 6.45) is 2.74. The maximum absolute atomic E-state index is 12.8. The number of nitrogens with one attached hydrogen (secondary N) is 1. The first-order valence-electron chi connectivity index (χ1n) is 7.11. The number of amides is 1. The van der Waals surface area contributed by atoms with Crippen LogP contribution in [0.3, 0.4) is 0 Å². The number of rotatable bonds is 6. The monoisotopic (exact) mass is 345 g/mol. The first-order valence-corrected chi connectivity index (χ1v) is 7.11. The minimum absolute atomic E-state index is 0.0755. The van der Waals surface area contributed by atoms with Gasteiger partial charge in [-0.05, 0) is 28.7 Å². The Morgan fingerprint density at radius 3 is 2.64 bits per heavy atom. The van der Waals surface area contributed by atoms with E-state index in [9.17, 15) is 19.3 Å². The maximum atomic E-state index is 12.8. The number of hydrogen-bond donors (Lipinski definition) is 1. The minimum Gasteiger partial charge on any atom is -0.390 e. The molecule has 0 fully saturated rings. The third kappa shape index (κ3) is 4.02. The summed E-state index contributed by atoms with van der Waals surface area (Å²) in [7, 11) is 0. The molecule has 1 amide bonds. The second-order valence-electron chi connectivity index (χ2n) is 5.03. The highest BCUT2D eigenvalue weighted by molar-refractivity contribution is 5.92. The highest BCUT2D eigenvalue weighted by atomic mass is 19.1. The van der Waals surface area contributed by atoms with Crippen LogP contribution in [0.1, 0.15) is 16.1 Å². The lowest BCUT2D eigenvalue weighted by Crippen LogP contribution is -2.23. The Hall–Kier alpha value is -3.63. The van der Waals surface area contributed by atoms with E-state index in [0.717, 1.165) is 5.56 Å². The molecule has 0 saturated carbocycles. The van der Waals surface area contributed by atoms with Crippen molar-refractivity contribution in [3.63, 3.8) is 0 Å². The number of carbonyl (C=O) groups excluding carboxylic acids is 1. The second-order valence-corrected chi connectivity index (χ2v) is 5.03. The van der Waals surface area contributed by atoms with Crippen LogP contribution in [-0.4, -0.2) is 35.4 Å². The number of nitro groups is 1. The molecule has 2 aromatic heterocycles. The average molecular weight is 345 g/mol. The minimum atomic E-state index is -0.700. The molecule has 11 heteroatoms. The number of carbonyl (C=O) groups is 1. The van der Waals surface area contributed by atoms with Crippen LogP contribution in [0.5, 0.6) is 0 Å². The topological polar surface area (TPSA) is 121 Å². The molecule has 0 atom stereocenters. The Balaban J connectivity index is 1.59. The van der Waals surface area contributed by atoms with Crippen molar-refractivity contribution in [1.29, 1.82) is 0 Å². The van der Waals surface area contributed by atoms with E-state index in [4.69, 9.17) is 0 Å². The number of nitrogens with zero attached hydrogens (tertiary/aromatic N) is 6. The van der Waals surface area contributed by atoms with E-state index >= 15 is 0 Å². The third-order valence-corrected chi connectivity index (χ3v) is 3.22. The molecule has 1 N–H and O–H groups in total. The van der Waals surface area contributed by atoms with Crippen LogP contribution in [0.2, 0.25) is 0 Å². The molecule has 10 nitrogen and oxygen atoms in total. The normalized spacial score (nSPS) is 10.6. The van der Waals surface area contributed by atoms with Gasteiger partial charge in [-0.2, -0.15) is 9.78 Å². The molecular weight excluding hydrogens is 333 g/mol. The molecule has 3 aromatic rings. The van der Waals surface area contributed by atoms with Gasteiger partial charge in [0.05, 0.1) is 0 Å². The molecule has 0 aliphatic carbocycles. The van der Waals surface area contributed by atoms with Crippen LogP contribution in [0.4, 0.5) is 10.3 Å². The number of hydrogen-bond acceptors (Lipinski definition) is 6. The molecule has 0 aliphatic heterocycles. The summed E-state index contributed by atoms with van der Waals surface area (Å²) in [6, 6.07) is 7.28. The van der Waals surface area contributed by atoms with Gasteiger partial charge < -0.3 is 15.4 Å². The lowest BCUT2D eigenvalue weighted by atomic mass is 10.2. The molecule has 128 valence electrons. The van der Waals surface area contributed by atoms with Crippen molar-refractivity contribution in [2.75, 3.05) is 0 Å². The fourth-order valence-corrected chi connectivity index (χ4v) is 2.02. The number of benzene rings is 1. The van der Waals surface area contributed by atoms with E-state index in [-0.39, 0.29) is 24.7 Å². The molecule has 0 saturated heterocycles. The van der Waals surface area contributed by atoms with E-state index in [1.165, 1.54) is 33.9 Å². The quantitative estimate of drug-likeness (QED) is 0.525. The van der Waals surface area contributed by atoms with Crippen LogP contribution in [-0.2, 0) is 13.2 Å². The van der Waals surface area contributed by atoms with Gasteiger partial charge >= 0.3 is 5.95 Å². The number of halogens is 1. The van der Waals surface area contributed by atoms with Gasteiger partial charge in [0.2, 0.25) is 6.33 Å². The van der Waals surface area contributed by atoms with E-state index in [1.54, 1.807) is 18.3 Å². The van der Waals surface area contributed by atoms with E-state index < -0.39 is 16.8 Å². The van der Waals surface area contributed by atoms with E-state index in [1.807, 2.05) is 0 Å². The Bertz CT molecular complexity index is 903. The largest absolute Gasteiger partial charge is 0.491 e. The Morgan fingerprint density at radius 1 is 1.20 bits per heavy atom. The van der Waals surface area contributed by atoms with Gasteiger partial charge in [0.15, 0.2) is 6.67 Å². The van der Waals surface area contributed by atoms with E-state index in [2.05, 4.69) is 20.5 Å². The molecule has 0 aliphatic rings. The number of aromatic nitrogens is 5. The summed E-state index contributed by atoms with van der Waals surface area (Å²) >= 11 is 0. The van der Waals surface area contributed by atoms with Crippen LogP contribution < -0.4 is 5.32 Å². The van der Waals surface area contributed by atoms with Crippen molar-refractivity contribution < 1.29 is 14.1 Å². The SMILES string of the molecule is O=C(NCc1ccc(F)cc1)c1ccn(Cn2cnc([N+](=O)[O-])n2)n1. The van der Waals surface area contributed by atoms with Gasteiger partial charge in [0.25, 0.3) is 5.91 Å². The lowest BCUT2D eigenvalue weighted by Gasteiger charge is -2.03. The average Bonchev–Trinajstić information content (AvgIpc) is 3.24. The smallest absolute Gasteiger partial charge is 0.390 e. The van der Waals surface area contributed by atoms with Gasteiger partial charge in [0, 0.05) is 17.8 Å². The summed E-state index contributed by atoms with van der Waals surface area (Å²) in [5.74, 6) is -1.25. The molecule has 0 unspecified atom stereocenters. The van der Waals surface area contributed by atoms with Crippen molar-refractivity contribution in [3.05, 3.63) is 70.0 Å². The van der Waals surface area contributed by atoms with Crippen LogP contribution in [0.25, 0.3) is 0 Å². The predicted molar refractivity (Wildman–Crippen MR) is 81.9 cm³/mol. The third-order valence-electron chi connectivity index (χ3n) is 3.22. The van der Waals surface area contributed by atoms with E-state index in [0.29, 0.717) is 0 Å². The molecule has 25 heavy (non-hydrogen) atoms. The summed E-state index contributed by atoms with van der Waals surface area (Å²) in [6.45, 7) is 0.313. The lowest BCUT2D eigenvalue weighted by molar-refractivity contribution is -0.394. The molecule has 2 heterocycles. The molecule has 3 rings (SSSR count). The van der Waals surface area contributed by atoms with Crippen LogP contribution in [0, 0.1) is 15.9 Å². The second kappa shape index (κ2) is 6.86. The van der Waals surface area contributed by atoms with Crippen LogP contribution >= 0.6 is 0 Å². The van der Waals surface area contributed by atoms with Gasteiger partial charge in [-0.1, -0.05) is 17.1 Å². The first-order chi connectivity index (χ1) is 12.0. The zero-order chi connectivity index (χ0) is 17.8. The van der Waals surface area contributed by atoms with Gasteiger partial charge in [0.1, 0.15) is 11.5 Å². The highest BCUT2D eigenvalue weighted by Gasteiger charge is 2.14. The summed E-state index contributed by atoms with van der Waals surface area (Å²) < 4.78 is 15.5. The zero-order valence-corrected chi connectivity index (χ0v) is 12.7. The molecule has 0 bridgehead atoms. The predicted octanol–water partition coefficient (Wildman–Crippen LogP) is 0.958. The first kappa shape index (κ1) is 16.2. The fraction of sp³-hybridized carbons (Fsp3) is 0.143. The van der Waals surface area contributed by atoms with Crippen molar-refractivity contribution in [3.8, 4) is 0 Å².